The van der Waals surface area contributed by atoms with E-state index in [-0.39, 0.29) is 6.61 Å². The summed E-state index contributed by atoms with van der Waals surface area (Å²) in [6.07, 6.45) is 0. The van der Waals surface area contributed by atoms with Crippen LogP contribution in [-0.4, -0.2) is 11.7 Å². The van der Waals surface area contributed by atoms with Gasteiger partial charge in [-0.25, -0.2) is 0 Å². The Kier molecular flexibility index (Phi) is 5.09. The molecule has 0 amide bonds. The zero-order valence-corrected chi connectivity index (χ0v) is 11.7. The van der Waals surface area contributed by atoms with Gasteiger partial charge in [-0.05, 0) is 36.2 Å². The van der Waals surface area contributed by atoms with Gasteiger partial charge in [-0.1, -0.05) is 42.2 Å². The van der Waals surface area contributed by atoms with Crippen LogP contribution in [0.15, 0.2) is 53.4 Å². The minimum absolute atomic E-state index is 0.0951. The number of hydrogen-bond donors (Lipinski definition) is 1. The predicted molar refractivity (Wildman–Crippen MR) is 81.1 cm³/mol. The first-order valence-electron chi connectivity index (χ1n) is 6.16. The van der Waals surface area contributed by atoms with Crippen molar-refractivity contribution in [2.75, 3.05) is 6.61 Å². The number of aliphatic hydroxyl groups is 1. The van der Waals surface area contributed by atoms with Gasteiger partial charge in [0.2, 0.25) is 0 Å². The van der Waals surface area contributed by atoms with Crippen molar-refractivity contribution in [2.24, 2.45) is 0 Å². The van der Waals surface area contributed by atoms with E-state index in [1.54, 1.807) is 0 Å². The maximum Gasteiger partial charge on any atom is 0.104 e. The molecule has 96 valence electrons. The van der Waals surface area contributed by atoms with E-state index in [2.05, 4.69) is 55.2 Å². The second kappa shape index (κ2) is 7.04. The van der Waals surface area contributed by atoms with E-state index in [0.717, 1.165) is 11.3 Å². The lowest BCUT2D eigenvalue weighted by molar-refractivity contribution is 0.350. The molecule has 2 aromatic carbocycles. The minimum Gasteiger partial charge on any atom is -0.384 e. The fourth-order valence-electron chi connectivity index (χ4n) is 1.76. The Balaban J connectivity index is 2.06. The monoisotopic (exact) mass is 268 g/mol. The number of rotatable bonds is 3. The Hall–Kier alpha value is -1.69. The third-order valence-corrected chi connectivity index (χ3v) is 3.97. The molecular formula is C17H16OS. The van der Waals surface area contributed by atoms with Gasteiger partial charge >= 0.3 is 0 Å². The number of hydrogen-bond acceptors (Lipinski definition) is 2. The molecule has 1 nitrogen and oxygen atoms in total. The number of aryl methyl sites for hydroxylation is 1. The molecule has 1 N–H and O–H groups in total. The van der Waals surface area contributed by atoms with E-state index in [1.807, 2.05) is 23.9 Å². The predicted octanol–water partition coefficient (Wildman–Crippen LogP) is 3.63. The van der Waals surface area contributed by atoms with Crippen LogP contribution in [0.25, 0.3) is 0 Å². The normalized spacial score (nSPS) is 9.79. The maximum absolute atomic E-state index is 8.70. The highest BCUT2D eigenvalue weighted by atomic mass is 32.2. The van der Waals surface area contributed by atoms with Crippen molar-refractivity contribution in [1.29, 1.82) is 0 Å². The molecule has 0 spiro atoms. The molecule has 0 fully saturated rings. The van der Waals surface area contributed by atoms with Gasteiger partial charge in [-0.15, -0.1) is 11.8 Å². The first kappa shape index (κ1) is 13.7. The molecule has 19 heavy (non-hydrogen) atoms. The second-order valence-corrected chi connectivity index (χ2v) is 5.23. The van der Waals surface area contributed by atoms with Crippen LogP contribution in [0.4, 0.5) is 0 Å². The minimum atomic E-state index is -0.0951. The van der Waals surface area contributed by atoms with Crippen molar-refractivity contribution in [1.82, 2.24) is 0 Å². The van der Waals surface area contributed by atoms with Gasteiger partial charge in [0.15, 0.2) is 0 Å². The van der Waals surface area contributed by atoms with Crippen molar-refractivity contribution in [2.45, 2.75) is 17.6 Å². The second-order valence-electron chi connectivity index (χ2n) is 4.21. The Morgan fingerprint density at radius 1 is 1.11 bits per heavy atom. The molecule has 0 heterocycles. The van der Waals surface area contributed by atoms with Crippen LogP contribution in [0.5, 0.6) is 0 Å². The largest absolute Gasteiger partial charge is 0.384 e. The van der Waals surface area contributed by atoms with Gasteiger partial charge in [0, 0.05) is 16.2 Å². The maximum atomic E-state index is 8.70. The zero-order chi connectivity index (χ0) is 13.5. The van der Waals surface area contributed by atoms with Gasteiger partial charge in [-0.2, -0.15) is 0 Å². The first-order valence-corrected chi connectivity index (χ1v) is 7.15. The van der Waals surface area contributed by atoms with Gasteiger partial charge in [0.05, 0.1) is 0 Å². The van der Waals surface area contributed by atoms with Crippen molar-refractivity contribution < 1.29 is 5.11 Å². The molecule has 0 aromatic heterocycles. The molecule has 0 radical (unpaired) electrons. The third kappa shape index (κ3) is 4.17. The van der Waals surface area contributed by atoms with Crippen LogP contribution in [0.3, 0.4) is 0 Å². The Morgan fingerprint density at radius 2 is 1.95 bits per heavy atom. The molecule has 0 aliphatic rings. The highest BCUT2D eigenvalue weighted by molar-refractivity contribution is 7.98. The molecule has 0 bridgehead atoms. The lowest BCUT2D eigenvalue weighted by Gasteiger charge is -2.05. The average Bonchev–Trinajstić information content (AvgIpc) is 2.45. The van der Waals surface area contributed by atoms with Crippen molar-refractivity contribution in [3.05, 3.63) is 65.2 Å². The lowest BCUT2D eigenvalue weighted by atomic mass is 10.1. The molecule has 2 aromatic rings. The number of aliphatic hydroxyl groups excluding tert-OH is 1. The Labute approximate surface area is 118 Å². The first-order chi connectivity index (χ1) is 9.29. The summed E-state index contributed by atoms with van der Waals surface area (Å²) < 4.78 is 0. The van der Waals surface area contributed by atoms with Crippen molar-refractivity contribution in [3.8, 4) is 11.8 Å². The molecular weight excluding hydrogens is 252 g/mol. The summed E-state index contributed by atoms with van der Waals surface area (Å²) >= 11 is 1.84. The molecule has 0 atom stereocenters. The van der Waals surface area contributed by atoms with Gasteiger partial charge in [0.1, 0.15) is 6.61 Å². The topological polar surface area (TPSA) is 20.2 Å². The van der Waals surface area contributed by atoms with E-state index in [1.165, 1.54) is 16.0 Å². The fourth-order valence-corrected chi connectivity index (χ4v) is 2.73. The van der Waals surface area contributed by atoms with Crippen LogP contribution in [-0.2, 0) is 5.75 Å². The van der Waals surface area contributed by atoms with E-state index in [0.29, 0.717) is 0 Å². The molecule has 0 unspecified atom stereocenters. The number of benzene rings is 2. The third-order valence-electron chi connectivity index (χ3n) is 2.73. The van der Waals surface area contributed by atoms with Gasteiger partial charge < -0.3 is 5.11 Å². The quantitative estimate of drug-likeness (QED) is 0.677. The highest BCUT2D eigenvalue weighted by Gasteiger charge is 1.99. The molecule has 2 rings (SSSR count). The lowest BCUT2D eigenvalue weighted by Crippen LogP contribution is -1.85. The Morgan fingerprint density at radius 3 is 2.74 bits per heavy atom. The van der Waals surface area contributed by atoms with Crippen LogP contribution in [0.1, 0.15) is 16.7 Å². The average molecular weight is 268 g/mol. The summed E-state index contributed by atoms with van der Waals surface area (Å²) in [5.74, 6) is 6.54. The summed E-state index contributed by atoms with van der Waals surface area (Å²) in [5, 5.41) is 8.70. The molecule has 0 saturated carbocycles. The SMILES string of the molecule is Cc1ccccc1SCc1cccc(C#CCO)c1. The van der Waals surface area contributed by atoms with Gasteiger partial charge in [0.25, 0.3) is 0 Å². The highest BCUT2D eigenvalue weighted by Crippen LogP contribution is 2.25. The molecule has 0 saturated heterocycles. The van der Waals surface area contributed by atoms with Crippen LogP contribution in [0, 0.1) is 18.8 Å². The summed E-state index contributed by atoms with van der Waals surface area (Å²) in [6, 6.07) is 16.6. The smallest absolute Gasteiger partial charge is 0.104 e. The van der Waals surface area contributed by atoms with Crippen molar-refractivity contribution >= 4 is 11.8 Å². The zero-order valence-electron chi connectivity index (χ0n) is 10.9. The summed E-state index contributed by atoms with van der Waals surface area (Å²) in [6.45, 7) is 2.04. The molecule has 2 heteroatoms. The van der Waals surface area contributed by atoms with Crippen LogP contribution in [0.2, 0.25) is 0 Å². The van der Waals surface area contributed by atoms with E-state index < -0.39 is 0 Å². The fraction of sp³-hybridized carbons (Fsp3) is 0.176. The molecule has 0 aliphatic carbocycles. The summed E-state index contributed by atoms with van der Waals surface area (Å²) in [5.41, 5.74) is 3.51. The van der Waals surface area contributed by atoms with E-state index in [9.17, 15) is 0 Å². The van der Waals surface area contributed by atoms with Crippen LogP contribution >= 0.6 is 11.8 Å². The van der Waals surface area contributed by atoms with Gasteiger partial charge in [-0.3, -0.25) is 0 Å². The van der Waals surface area contributed by atoms with E-state index in [4.69, 9.17) is 5.11 Å². The number of thioether (sulfide) groups is 1. The van der Waals surface area contributed by atoms with E-state index >= 15 is 0 Å². The van der Waals surface area contributed by atoms with Crippen LogP contribution < -0.4 is 0 Å². The van der Waals surface area contributed by atoms with Crippen molar-refractivity contribution in [3.63, 3.8) is 0 Å². The summed E-state index contributed by atoms with van der Waals surface area (Å²) in [4.78, 5) is 1.31. The summed E-state index contributed by atoms with van der Waals surface area (Å²) in [7, 11) is 0. The molecule has 0 aliphatic heterocycles. The Bertz CT molecular complexity index is 608. The standard InChI is InChI=1S/C17H16OS/c1-14-6-2-3-10-17(14)19-13-16-8-4-7-15(12-16)9-5-11-18/h2-4,6-8,10,12,18H,11,13H2,1H3.